The van der Waals surface area contributed by atoms with Crippen LogP contribution in [-0.2, 0) is 9.47 Å². The summed E-state index contributed by atoms with van der Waals surface area (Å²) in [5, 5.41) is 26.9. The average molecular weight is 164 g/mol. The lowest BCUT2D eigenvalue weighted by atomic mass is 10.1. The van der Waals surface area contributed by atoms with Gasteiger partial charge in [-0.3, -0.25) is 0 Å². The van der Waals surface area contributed by atoms with Crippen molar-refractivity contribution in [2.75, 3.05) is 13.7 Å². The van der Waals surface area contributed by atoms with Crippen molar-refractivity contribution in [2.24, 2.45) is 0 Å². The van der Waals surface area contributed by atoms with Crippen LogP contribution in [0.3, 0.4) is 0 Å². The molecule has 0 aromatic heterocycles. The van der Waals surface area contributed by atoms with Gasteiger partial charge in [-0.05, 0) is 0 Å². The van der Waals surface area contributed by atoms with Crippen molar-refractivity contribution >= 4 is 0 Å². The minimum atomic E-state index is -1.07. The number of rotatable bonds is 2. The molecule has 0 aliphatic carbocycles. The van der Waals surface area contributed by atoms with E-state index in [0.29, 0.717) is 0 Å². The quantitative estimate of drug-likeness (QED) is 0.443. The van der Waals surface area contributed by atoms with Gasteiger partial charge in [0.15, 0.2) is 6.29 Å². The maximum absolute atomic E-state index is 9.15. The van der Waals surface area contributed by atoms with Crippen molar-refractivity contribution < 1.29 is 24.8 Å². The molecule has 5 heteroatoms. The average Bonchev–Trinajstić information content (AvgIpc) is 2.30. The van der Waals surface area contributed by atoms with Gasteiger partial charge >= 0.3 is 0 Å². The highest BCUT2D eigenvalue weighted by atomic mass is 16.7. The molecule has 3 N–H and O–H groups in total. The normalized spacial score (nSPS) is 44.7. The first-order valence-corrected chi connectivity index (χ1v) is 3.36. The third-order valence-electron chi connectivity index (χ3n) is 1.73. The second-order valence-electron chi connectivity index (χ2n) is 2.44. The van der Waals surface area contributed by atoms with E-state index in [0.717, 1.165) is 0 Å². The van der Waals surface area contributed by atoms with Gasteiger partial charge in [-0.1, -0.05) is 0 Å². The molecular weight excluding hydrogens is 152 g/mol. The van der Waals surface area contributed by atoms with E-state index in [1.807, 2.05) is 0 Å². The Morgan fingerprint density at radius 3 is 2.27 bits per heavy atom. The van der Waals surface area contributed by atoms with E-state index in [1.165, 1.54) is 7.11 Å². The van der Waals surface area contributed by atoms with Crippen molar-refractivity contribution in [1.29, 1.82) is 0 Å². The SMILES string of the molecule is CO[C@H]1O[C@H](CO)[C@H](O)C1O. The Balaban J connectivity index is 2.53. The number of aliphatic hydroxyl groups is 3. The maximum Gasteiger partial charge on any atom is 0.186 e. The number of hydrogen-bond acceptors (Lipinski definition) is 5. The van der Waals surface area contributed by atoms with Gasteiger partial charge in [-0.15, -0.1) is 0 Å². The van der Waals surface area contributed by atoms with Crippen LogP contribution < -0.4 is 0 Å². The highest BCUT2D eigenvalue weighted by Crippen LogP contribution is 2.20. The Kier molecular flexibility index (Phi) is 2.80. The molecule has 1 aliphatic rings. The summed E-state index contributed by atoms with van der Waals surface area (Å²) in [6.07, 6.45) is -3.71. The lowest BCUT2D eigenvalue weighted by Gasteiger charge is -2.11. The largest absolute Gasteiger partial charge is 0.394 e. The fourth-order valence-corrected chi connectivity index (χ4v) is 1.06. The monoisotopic (exact) mass is 164 g/mol. The van der Waals surface area contributed by atoms with Crippen LogP contribution >= 0.6 is 0 Å². The number of ether oxygens (including phenoxy) is 2. The van der Waals surface area contributed by atoms with Gasteiger partial charge in [0.2, 0.25) is 0 Å². The van der Waals surface area contributed by atoms with E-state index >= 15 is 0 Å². The van der Waals surface area contributed by atoms with E-state index in [2.05, 4.69) is 4.74 Å². The summed E-state index contributed by atoms with van der Waals surface area (Å²) < 4.78 is 9.59. The summed E-state index contributed by atoms with van der Waals surface area (Å²) in [4.78, 5) is 0. The Hall–Kier alpha value is -0.200. The van der Waals surface area contributed by atoms with E-state index in [1.54, 1.807) is 0 Å². The van der Waals surface area contributed by atoms with E-state index in [-0.39, 0.29) is 6.61 Å². The van der Waals surface area contributed by atoms with Gasteiger partial charge in [0.1, 0.15) is 18.3 Å². The van der Waals surface area contributed by atoms with Crippen LogP contribution in [0.5, 0.6) is 0 Å². The molecule has 0 aromatic carbocycles. The number of hydrogen-bond donors (Lipinski definition) is 3. The minimum Gasteiger partial charge on any atom is -0.394 e. The van der Waals surface area contributed by atoms with Crippen molar-refractivity contribution in [3.63, 3.8) is 0 Å². The predicted octanol–water partition coefficient (Wildman–Crippen LogP) is -1.93. The van der Waals surface area contributed by atoms with Gasteiger partial charge in [-0.2, -0.15) is 0 Å². The topological polar surface area (TPSA) is 79.2 Å². The lowest BCUT2D eigenvalue weighted by molar-refractivity contribution is -0.153. The Labute approximate surface area is 64.2 Å². The molecule has 0 aromatic rings. The molecule has 11 heavy (non-hydrogen) atoms. The van der Waals surface area contributed by atoms with Crippen LogP contribution in [0.25, 0.3) is 0 Å². The summed E-state index contributed by atoms with van der Waals surface area (Å²) in [5.74, 6) is 0. The second-order valence-corrected chi connectivity index (χ2v) is 2.44. The second kappa shape index (κ2) is 3.46. The fourth-order valence-electron chi connectivity index (χ4n) is 1.06. The molecule has 0 radical (unpaired) electrons. The van der Waals surface area contributed by atoms with Gasteiger partial charge in [0.25, 0.3) is 0 Å². The third-order valence-corrected chi connectivity index (χ3v) is 1.73. The summed E-state index contributed by atoms with van der Waals surface area (Å²) >= 11 is 0. The fraction of sp³-hybridized carbons (Fsp3) is 1.00. The van der Waals surface area contributed by atoms with Crippen molar-refractivity contribution in [1.82, 2.24) is 0 Å². The minimum absolute atomic E-state index is 0.321. The Morgan fingerprint density at radius 1 is 1.36 bits per heavy atom. The van der Waals surface area contributed by atoms with Gasteiger partial charge < -0.3 is 24.8 Å². The van der Waals surface area contributed by atoms with Crippen LogP contribution in [0.4, 0.5) is 0 Å². The number of methoxy groups -OCH3 is 1. The lowest BCUT2D eigenvalue weighted by Crippen LogP contribution is -2.34. The standard InChI is InChI=1S/C6H12O5/c1-10-6-5(9)4(8)3(2-7)11-6/h3-9H,2H2,1H3/t3-,4+,5?,6+/m1/s1. The third kappa shape index (κ3) is 1.52. The molecular formula is C6H12O5. The Bertz CT molecular complexity index is 110. The van der Waals surface area contributed by atoms with Gasteiger partial charge in [0, 0.05) is 7.11 Å². The van der Waals surface area contributed by atoms with Crippen LogP contribution in [0.1, 0.15) is 0 Å². The van der Waals surface area contributed by atoms with Gasteiger partial charge in [-0.25, -0.2) is 0 Å². The molecule has 1 aliphatic heterocycles. The first-order valence-electron chi connectivity index (χ1n) is 3.36. The van der Waals surface area contributed by atoms with Crippen molar-refractivity contribution in [2.45, 2.75) is 24.6 Å². The highest BCUT2D eigenvalue weighted by Gasteiger charge is 2.42. The van der Waals surface area contributed by atoms with E-state index in [4.69, 9.17) is 20.1 Å². The molecule has 0 spiro atoms. The van der Waals surface area contributed by atoms with Crippen LogP contribution in [0, 0.1) is 0 Å². The zero-order chi connectivity index (χ0) is 8.43. The van der Waals surface area contributed by atoms with Crippen LogP contribution in [0.15, 0.2) is 0 Å². The van der Waals surface area contributed by atoms with Crippen molar-refractivity contribution in [3.05, 3.63) is 0 Å². The molecule has 1 unspecified atom stereocenters. The predicted molar refractivity (Wildman–Crippen MR) is 34.8 cm³/mol. The molecule has 0 bridgehead atoms. The highest BCUT2D eigenvalue weighted by molar-refractivity contribution is 4.85. The van der Waals surface area contributed by atoms with Gasteiger partial charge in [0.05, 0.1) is 6.61 Å². The molecule has 5 nitrogen and oxygen atoms in total. The molecule has 66 valence electrons. The number of aliphatic hydroxyl groups excluding tert-OH is 3. The summed E-state index contributed by atoms with van der Waals surface area (Å²) in [5.41, 5.74) is 0. The van der Waals surface area contributed by atoms with E-state index in [9.17, 15) is 0 Å². The molecule has 1 rings (SSSR count). The first kappa shape index (κ1) is 8.89. The zero-order valence-corrected chi connectivity index (χ0v) is 6.17. The maximum atomic E-state index is 9.15. The van der Waals surface area contributed by atoms with Crippen molar-refractivity contribution in [3.8, 4) is 0 Å². The Morgan fingerprint density at radius 2 is 2.00 bits per heavy atom. The molecule has 0 saturated carbocycles. The molecule has 1 heterocycles. The smallest absolute Gasteiger partial charge is 0.186 e. The molecule has 1 saturated heterocycles. The van der Waals surface area contributed by atoms with E-state index < -0.39 is 24.6 Å². The summed E-state index contributed by atoms with van der Waals surface area (Å²) in [6.45, 7) is -0.321. The van der Waals surface area contributed by atoms with Crippen LogP contribution in [0.2, 0.25) is 0 Å². The molecule has 0 amide bonds. The first-order chi connectivity index (χ1) is 5.20. The summed E-state index contributed by atoms with van der Waals surface area (Å²) in [7, 11) is 1.36. The molecule has 4 atom stereocenters. The zero-order valence-electron chi connectivity index (χ0n) is 6.17. The van der Waals surface area contributed by atoms with Crippen LogP contribution in [-0.4, -0.2) is 53.6 Å². The molecule has 1 fully saturated rings. The summed E-state index contributed by atoms with van der Waals surface area (Å²) in [6, 6.07) is 0.